The van der Waals surface area contributed by atoms with Crippen LogP contribution in [0.4, 0.5) is 4.39 Å². The lowest BCUT2D eigenvalue weighted by molar-refractivity contribution is 0.354. The first kappa shape index (κ1) is 12.3. The van der Waals surface area contributed by atoms with Crippen molar-refractivity contribution in [3.63, 3.8) is 0 Å². The molecule has 0 amide bonds. The average Bonchev–Trinajstić information content (AvgIpc) is 2.32. The summed E-state index contributed by atoms with van der Waals surface area (Å²) in [6, 6.07) is 6.51. The van der Waals surface area contributed by atoms with E-state index in [1.165, 1.54) is 17.7 Å². The summed E-state index contributed by atoms with van der Waals surface area (Å²) >= 11 is 0. The zero-order valence-electron chi connectivity index (χ0n) is 10.1. The molecule has 17 heavy (non-hydrogen) atoms. The van der Waals surface area contributed by atoms with Crippen LogP contribution in [0.5, 0.6) is 0 Å². The van der Waals surface area contributed by atoms with Crippen LogP contribution in [0.1, 0.15) is 18.4 Å². The lowest BCUT2D eigenvalue weighted by atomic mass is 9.82. The monoisotopic (exact) mass is 233 g/mol. The molecule has 0 aliphatic carbocycles. The highest BCUT2D eigenvalue weighted by atomic mass is 19.1. The second kappa shape index (κ2) is 5.47. The van der Waals surface area contributed by atoms with Gasteiger partial charge in [-0.15, -0.1) is 0 Å². The van der Waals surface area contributed by atoms with Gasteiger partial charge in [0.15, 0.2) is 0 Å². The molecule has 1 aromatic rings. The molecule has 0 aromatic heterocycles. The maximum absolute atomic E-state index is 12.8. The molecule has 1 aliphatic rings. The Bertz CT molecular complexity index is 402. The Morgan fingerprint density at radius 2 is 2.06 bits per heavy atom. The van der Waals surface area contributed by atoms with E-state index in [9.17, 15) is 9.41 Å². The molecule has 0 radical (unpaired) electrons. The molecule has 1 aliphatic heterocycles. The minimum Gasteiger partial charge on any atom is -0.437 e. The molecule has 1 saturated heterocycles. The molecule has 90 valence electrons. The van der Waals surface area contributed by atoms with Crippen molar-refractivity contribution in [2.45, 2.75) is 19.7 Å². The third kappa shape index (κ3) is 3.41. The van der Waals surface area contributed by atoms with E-state index in [0.29, 0.717) is 0 Å². The van der Waals surface area contributed by atoms with Crippen molar-refractivity contribution >= 4 is 13.1 Å². The minimum atomic E-state index is -0.396. The van der Waals surface area contributed by atoms with Gasteiger partial charge in [0.2, 0.25) is 0 Å². The topological polar surface area (TPSA) is 23.5 Å². The lowest BCUT2D eigenvalue weighted by Crippen LogP contribution is -2.41. The van der Waals surface area contributed by atoms with E-state index in [4.69, 9.17) is 0 Å². The quantitative estimate of drug-likeness (QED) is 0.793. The molecule has 4 heteroatoms. The van der Waals surface area contributed by atoms with Gasteiger partial charge < -0.3 is 9.83 Å². The fraction of sp³-hybridized carbons (Fsp3) is 0.385. The van der Waals surface area contributed by atoms with E-state index < -0.39 is 7.05 Å². The van der Waals surface area contributed by atoms with Crippen molar-refractivity contribution in [1.29, 1.82) is 0 Å². The molecule has 1 heterocycles. The third-order valence-electron chi connectivity index (χ3n) is 3.12. The number of hydrogen-bond acceptors (Lipinski definition) is 2. The third-order valence-corrected chi connectivity index (χ3v) is 3.12. The second-order valence-corrected chi connectivity index (χ2v) is 4.56. The fourth-order valence-corrected chi connectivity index (χ4v) is 2.16. The van der Waals surface area contributed by atoms with E-state index in [-0.39, 0.29) is 5.82 Å². The number of piperidine rings is 1. The van der Waals surface area contributed by atoms with Gasteiger partial charge in [-0.3, -0.25) is 0 Å². The summed E-state index contributed by atoms with van der Waals surface area (Å²) in [5, 5.41) is 9.55. The first-order valence-electron chi connectivity index (χ1n) is 6.02. The lowest BCUT2D eigenvalue weighted by Gasteiger charge is -2.29. The molecule has 1 N–H and O–H groups in total. The SMILES string of the molecule is CB(O)N1CCC/C(=C\c2ccc(F)cc2)C1. The number of halogens is 1. The van der Waals surface area contributed by atoms with Gasteiger partial charge in [-0.05, 0) is 43.9 Å². The summed E-state index contributed by atoms with van der Waals surface area (Å²) in [7, 11) is -0.396. The Morgan fingerprint density at radius 1 is 1.35 bits per heavy atom. The van der Waals surface area contributed by atoms with Gasteiger partial charge >= 0.3 is 7.05 Å². The Morgan fingerprint density at radius 3 is 2.71 bits per heavy atom. The van der Waals surface area contributed by atoms with Gasteiger partial charge in [-0.25, -0.2) is 4.39 Å². The van der Waals surface area contributed by atoms with Crippen LogP contribution >= 0.6 is 0 Å². The summed E-state index contributed by atoms with van der Waals surface area (Å²) in [6.45, 7) is 3.54. The maximum atomic E-state index is 12.8. The number of hydrogen-bond donors (Lipinski definition) is 1. The normalized spacial score (nSPS) is 19.6. The van der Waals surface area contributed by atoms with Crippen LogP contribution in [0.25, 0.3) is 6.08 Å². The average molecular weight is 233 g/mol. The molecule has 0 unspecified atom stereocenters. The molecule has 0 spiro atoms. The smallest absolute Gasteiger partial charge is 0.376 e. The van der Waals surface area contributed by atoms with Crippen molar-refractivity contribution in [1.82, 2.24) is 4.81 Å². The molecule has 1 aromatic carbocycles. The molecular weight excluding hydrogens is 216 g/mol. The highest BCUT2D eigenvalue weighted by molar-refractivity contribution is 6.45. The van der Waals surface area contributed by atoms with Crippen molar-refractivity contribution in [3.05, 3.63) is 41.2 Å². The molecule has 2 nitrogen and oxygen atoms in total. The van der Waals surface area contributed by atoms with E-state index in [1.54, 1.807) is 19.0 Å². The van der Waals surface area contributed by atoms with E-state index >= 15 is 0 Å². The highest BCUT2D eigenvalue weighted by Gasteiger charge is 2.20. The van der Waals surface area contributed by atoms with Crippen molar-refractivity contribution in [2.24, 2.45) is 0 Å². The first-order chi connectivity index (χ1) is 8.15. The first-order valence-corrected chi connectivity index (χ1v) is 6.02. The molecule has 0 saturated carbocycles. The number of benzene rings is 1. The summed E-state index contributed by atoms with van der Waals surface area (Å²) in [5.41, 5.74) is 2.32. The van der Waals surface area contributed by atoms with E-state index in [1.807, 2.05) is 4.81 Å². The Balaban J connectivity index is 2.08. The zero-order valence-corrected chi connectivity index (χ0v) is 10.1. The van der Waals surface area contributed by atoms with Crippen molar-refractivity contribution < 1.29 is 9.41 Å². The predicted molar refractivity (Wildman–Crippen MR) is 69.0 cm³/mol. The largest absolute Gasteiger partial charge is 0.437 e. The highest BCUT2D eigenvalue weighted by Crippen LogP contribution is 2.19. The minimum absolute atomic E-state index is 0.207. The summed E-state index contributed by atoms with van der Waals surface area (Å²) < 4.78 is 12.8. The van der Waals surface area contributed by atoms with Gasteiger partial charge in [0.25, 0.3) is 0 Å². The molecule has 1 fully saturated rings. The van der Waals surface area contributed by atoms with Gasteiger partial charge in [-0.1, -0.05) is 23.8 Å². The maximum Gasteiger partial charge on any atom is 0.376 e. The summed E-state index contributed by atoms with van der Waals surface area (Å²) in [6.07, 6.45) is 4.21. The molecule has 0 atom stereocenters. The Kier molecular flexibility index (Phi) is 3.97. The van der Waals surface area contributed by atoms with E-state index in [0.717, 1.165) is 31.5 Å². The van der Waals surface area contributed by atoms with Crippen molar-refractivity contribution in [2.75, 3.05) is 13.1 Å². The number of nitrogens with zero attached hydrogens (tertiary/aromatic N) is 1. The van der Waals surface area contributed by atoms with Crippen LogP contribution in [0.3, 0.4) is 0 Å². The van der Waals surface area contributed by atoms with Crippen molar-refractivity contribution in [3.8, 4) is 0 Å². The van der Waals surface area contributed by atoms with Crippen LogP contribution in [0, 0.1) is 5.82 Å². The summed E-state index contributed by atoms with van der Waals surface area (Å²) in [4.78, 5) is 2.04. The summed E-state index contributed by atoms with van der Waals surface area (Å²) in [5.74, 6) is -0.207. The Labute approximate surface area is 102 Å². The van der Waals surface area contributed by atoms with Crippen LogP contribution in [-0.2, 0) is 0 Å². The second-order valence-electron chi connectivity index (χ2n) is 4.56. The van der Waals surface area contributed by atoms with Crippen LogP contribution < -0.4 is 0 Å². The fourth-order valence-electron chi connectivity index (χ4n) is 2.16. The molecule has 2 rings (SSSR count). The Hall–Kier alpha value is -1.13. The predicted octanol–water partition coefficient (Wildman–Crippen LogP) is 2.42. The van der Waals surface area contributed by atoms with Crippen LogP contribution in [0.2, 0.25) is 6.82 Å². The van der Waals surface area contributed by atoms with Gasteiger partial charge in [0, 0.05) is 6.54 Å². The van der Waals surface area contributed by atoms with E-state index in [2.05, 4.69) is 6.08 Å². The van der Waals surface area contributed by atoms with Gasteiger partial charge in [0.1, 0.15) is 5.82 Å². The zero-order chi connectivity index (χ0) is 12.3. The molecule has 0 bridgehead atoms. The molecular formula is C13H17BFNO. The standard InChI is InChI=1S/C13H17BFNO/c1-14(17)16-8-2-3-12(10-16)9-11-4-6-13(15)7-5-11/h4-7,9,17H,2-3,8,10H2,1H3/b12-9+. The van der Waals surface area contributed by atoms with Crippen LogP contribution in [0.15, 0.2) is 29.8 Å². The number of rotatable bonds is 2. The van der Waals surface area contributed by atoms with Gasteiger partial charge in [-0.2, -0.15) is 0 Å². The van der Waals surface area contributed by atoms with Crippen LogP contribution in [-0.4, -0.2) is 30.0 Å². The van der Waals surface area contributed by atoms with Gasteiger partial charge in [0.05, 0.1) is 0 Å².